The number of rotatable bonds is 4. The number of anilines is 1. The Labute approximate surface area is 168 Å². The number of carbonyl (C=O) groups is 3. The van der Waals surface area contributed by atoms with E-state index in [1.54, 1.807) is 25.1 Å². The van der Waals surface area contributed by atoms with E-state index >= 15 is 0 Å². The number of nitrogens with two attached hydrogens (primary N) is 2. The van der Waals surface area contributed by atoms with Crippen molar-refractivity contribution in [2.75, 3.05) is 11.5 Å². The van der Waals surface area contributed by atoms with Crippen molar-refractivity contribution in [1.29, 1.82) is 0 Å². The Morgan fingerprint density at radius 2 is 2.14 bits per heavy atom. The summed E-state index contributed by atoms with van der Waals surface area (Å²) in [7, 11) is 0. The van der Waals surface area contributed by atoms with Gasteiger partial charge in [-0.1, -0.05) is 12.1 Å². The SMILES string of the molecule is CC1=C(C(=O)O)N2C(=O)[C@@H](NC(=O)C(N)c3cccc4sc(N)cc34)[C@@H]2SC1. The molecule has 2 aliphatic heterocycles. The first-order valence-corrected chi connectivity index (χ1v) is 10.4. The van der Waals surface area contributed by atoms with Gasteiger partial charge in [0.2, 0.25) is 5.91 Å². The van der Waals surface area contributed by atoms with Crippen LogP contribution in [-0.4, -0.2) is 45.0 Å². The third-order valence-electron chi connectivity index (χ3n) is 4.89. The maximum atomic E-state index is 12.7. The van der Waals surface area contributed by atoms with E-state index in [9.17, 15) is 19.5 Å². The van der Waals surface area contributed by atoms with Crippen molar-refractivity contribution in [1.82, 2.24) is 10.2 Å². The van der Waals surface area contributed by atoms with E-state index in [4.69, 9.17) is 11.5 Å². The summed E-state index contributed by atoms with van der Waals surface area (Å²) in [4.78, 5) is 37.9. The van der Waals surface area contributed by atoms with E-state index in [0.29, 0.717) is 21.9 Å². The van der Waals surface area contributed by atoms with Gasteiger partial charge in [-0.15, -0.1) is 23.1 Å². The molecule has 4 rings (SSSR count). The van der Waals surface area contributed by atoms with Gasteiger partial charge in [0.05, 0.1) is 5.00 Å². The molecule has 2 amide bonds. The van der Waals surface area contributed by atoms with Gasteiger partial charge in [0.1, 0.15) is 23.2 Å². The van der Waals surface area contributed by atoms with E-state index in [0.717, 1.165) is 10.1 Å². The molecule has 0 bridgehead atoms. The van der Waals surface area contributed by atoms with Gasteiger partial charge in [-0.2, -0.15) is 0 Å². The summed E-state index contributed by atoms with van der Waals surface area (Å²) >= 11 is 2.83. The molecule has 3 atom stereocenters. The lowest BCUT2D eigenvalue weighted by atomic mass is 10.00. The Morgan fingerprint density at radius 1 is 1.39 bits per heavy atom. The number of aliphatic carboxylic acids is 1. The molecular formula is C18H18N4O4S2. The Balaban J connectivity index is 1.53. The van der Waals surface area contributed by atoms with Crippen LogP contribution in [-0.2, 0) is 14.4 Å². The minimum Gasteiger partial charge on any atom is -0.477 e. The Bertz CT molecular complexity index is 1050. The lowest BCUT2D eigenvalue weighted by Gasteiger charge is -2.49. The lowest BCUT2D eigenvalue weighted by molar-refractivity contribution is -0.150. The molecule has 1 fully saturated rings. The Kier molecular flexibility index (Phi) is 4.56. The van der Waals surface area contributed by atoms with Gasteiger partial charge in [0.25, 0.3) is 5.91 Å². The number of thiophene rings is 1. The largest absolute Gasteiger partial charge is 0.477 e. The highest BCUT2D eigenvalue weighted by molar-refractivity contribution is 8.00. The summed E-state index contributed by atoms with van der Waals surface area (Å²) < 4.78 is 0.929. The Hall–Kier alpha value is -2.56. The second-order valence-electron chi connectivity index (χ2n) is 6.72. The predicted molar refractivity (Wildman–Crippen MR) is 109 cm³/mol. The van der Waals surface area contributed by atoms with Crippen LogP contribution in [0.15, 0.2) is 35.5 Å². The number of benzene rings is 1. The van der Waals surface area contributed by atoms with Crippen LogP contribution in [0.3, 0.4) is 0 Å². The third kappa shape index (κ3) is 2.84. The molecule has 2 aromatic rings. The first-order valence-electron chi connectivity index (χ1n) is 8.51. The maximum absolute atomic E-state index is 12.7. The van der Waals surface area contributed by atoms with E-state index in [2.05, 4.69) is 5.32 Å². The van der Waals surface area contributed by atoms with Crippen LogP contribution in [0.25, 0.3) is 10.1 Å². The van der Waals surface area contributed by atoms with Crippen molar-refractivity contribution >= 4 is 56.0 Å². The minimum atomic E-state index is -1.14. The van der Waals surface area contributed by atoms with Gasteiger partial charge < -0.3 is 21.9 Å². The Morgan fingerprint density at radius 3 is 2.86 bits per heavy atom. The fourth-order valence-electron chi connectivity index (χ4n) is 3.53. The second kappa shape index (κ2) is 6.80. The molecule has 1 aromatic carbocycles. The average molecular weight is 419 g/mol. The van der Waals surface area contributed by atoms with Gasteiger partial charge in [-0.25, -0.2) is 4.79 Å². The number of nitrogens with one attached hydrogen (secondary N) is 1. The molecule has 146 valence electrons. The van der Waals surface area contributed by atoms with Crippen LogP contribution < -0.4 is 16.8 Å². The zero-order chi connectivity index (χ0) is 20.2. The van der Waals surface area contributed by atoms with E-state index < -0.39 is 35.2 Å². The number of nitrogen functional groups attached to an aromatic ring is 1. The number of carbonyl (C=O) groups excluding carboxylic acids is 2. The van der Waals surface area contributed by atoms with Crippen LogP contribution in [0.1, 0.15) is 18.5 Å². The van der Waals surface area contributed by atoms with Crippen molar-refractivity contribution in [3.63, 3.8) is 0 Å². The fourth-order valence-corrected chi connectivity index (χ4v) is 5.69. The summed E-state index contributed by atoms with van der Waals surface area (Å²) in [5.74, 6) is -1.58. The number of carboxylic acid groups (broad SMARTS) is 1. The van der Waals surface area contributed by atoms with Gasteiger partial charge in [0, 0.05) is 10.5 Å². The maximum Gasteiger partial charge on any atom is 0.352 e. The van der Waals surface area contributed by atoms with Crippen molar-refractivity contribution < 1.29 is 19.5 Å². The molecule has 10 heteroatoms. The molecule has 8 nitrogen and oxygen atoms in total. The van der Waals surface area contributed by atoms with E-state index in [-0.39, 0.29) is 5.70 Å². The zero-order valence-electron chi connectivity index (χ0n) is 14.8. The minimum absolute atomic E-state index is 0.00191. The predicted octanol–water partition coefficient (Wildman–Crippen LogP) is 1.24. The third-order valence-corrected chi connectivity index (χ3v) is 7.24. The topological polar surface area (TPSA) is 139 Å². The zero-order valence-corrected chi connectivity index (χ0v) is 16.5. The molecule has 3 heterocycles. The lowest BCUT2D eigenvalue weighted by Crippen LogP contribution is -2.71. The number of hydrogen-bond donors (Lipinski definition) is 4. The number of nitrogens with zero attached hydrogens (tertiary/aromatic N) is 1. The van der Waals surface area contributed by atoms with Crippen LogP contribution in [0, 0.1) is 0 Å². The number of amides is 2. The summed E-state index contributed by atoms with van der Waals surface area (Å²) in [6.45, 7) is 1.69. The first kappa shape index (κ1) is 18.8. The average Bonchev–Trinajstić information content (AvgIpc) is 3.04. The summed E-state index contributed by atoms with van der Waals surface area (Å²) in [6, 6.07) is 5.49. The molecule has 1 saturated heterocycles. The van der Waals surface area contributed by atoms with Gasteiger partial charge in [0.15, 0.2) is 0 Å². The molecule has 6 N–H and O–H groups in total. The number of β-lactam (4-membered cyclic amide) rings is 1. The van der Waals surface area contributed by atoms with E-state index in [1.165, 1.54) is 28.0 Å². The monoisotopic (exact) mass is 418 g/mol. The van der Waals surface area contributed by atoms with Crippen molar-refractivity contribution in [2.24, 2.45) is 5.73 Å². The highest BCUT2D eigenvalue weighted by atomic mass is 32.2. The number of hydrogen-bond acceptors (Lipinski definition) is 7. The molecule has 0 aliphatic carbocycles. The molecule has 0 radical (unpaired) electrons. The smallest absolute Gasteiger partial charge is 0.352 e. The quantitative estimate of drug-likeness (QED) is 0.548. The number of thioether (sulfide) groups is 1. The second-order valence-corrected chi connectivity index (χ2v) is 8.94. The van der Waals surface area contributed by atoms with Crippen molar-refractivity contribution in [2.45, 2.75) is 24.4 Å². The highest BCUT2D eigenvalue weighted by Crippen LogP contribution is 2.40. The normalized spacial score (nSPS) is 22.6. The van der Waals surface area contributed by atoms with Crippen LogP contribution >= 0.6 is 23.1 Å². The summed E-state index contributed by atoms with van der Waals surface area (Å²) in [6.07, 6.45) is 0. The molecule has 1 aromatic heterocycles. The van der Waals surface area contributed by atoms with Crippen LogP contribution in [0.2, 0.25) is 0 Å². The molecular weight excluding hydrogens is 400 g/mol. The van der Waals surface area contributed by atoms with Crippen LogP contribution in [0.5, 0.6) is 0 Å². The highest BCUT2D eigenvalue weighted by Gasteiger charge is 2.53. The van der Waals surface area contributed by atoms with Gasteiger partial charge in [-0.05, 0) is 35.6 Å². The molecule has 0 spiro atoms. The molecule has 28 heavy (non-hydrogen) atoms. The summed E-state index contributed by atoms with van der Waals surface area (Å²) in [5, 5.41) is 13.1. The van der Waals surface area contributed by atoms with Crippen molar-refractivity contribution in [3.8, 4) is 0 Å². The molecule has 2 aliphatic rings. The van der Waals surface area contributed by atoms with Gasteiger partial charge >= 0.3 is 5.97 Å². The first-order chi connectivity index (χ1) is 13.3. The fraction of sp³-hybridized carbons (Fsp3) is 0.278. The number of carboxylic acids is 1. The van der Waals surface area contributed by atoms with Gasteiger partial charge in [-0.3, -0.25) is 14.5 Å². The van der Waals surface area contributed by atoms with Crippen molar-refractivity contribution in [3.05, 3.63) is 41.1 Å². The molecule has 1 unspecified atom stereocenters. The standard InChI is InChI=1S/C18H18N4O4S2/c1-7-6-27-17-13(16(24)22(17)14(7)18(25)26)21-15(23)12(20)8-3-2-4-10-9(8)5-11(19)28-10/h2-5,12-13,17H,6,19-20H2,1H3,(H,21,23)(H,25,26)/t12?,13-,17+/m1/s1. The summed E-state index contributed by atoms with van der Waals surface area (Å²) in [5.41, 5.74) is 13.3. The number of fused-ring (bicyclic) bond motifs is 2. The van der Waals surface area contributed by atoms with E-state index in [1.807, 2.05) is 6.07 Å². The van der Waals surface area contributed by atoms with Crippen LogP contribution in [0.4, 0.5) is 5.00 Å². The molecule has 0 saturated carbocycles.